The number of benzene rings is 1. The van der Waals surface area contributed by atoms with E-state index in [1.165, 1.54) is 0 Å². The summed E-state index contributed by atoms with van der Waals surface area (Å²) in [5.41, 5.74) is 0.621. The smallest absolute Gasteiger partial charge is 0.254 e. The van der Waals surface area contributed by atoms with Crippen LogP contribution in [0.4, 0.5) is 0 Å². The topological polar surface area (TPSA) is 63.3 Å². The molecular weight excluding hydrogens is 394 g/mol. The molecule has 0 spiro atoms. The molecule has 2 rings (SSSR count). The van der Waals surface area contributed by atoms with E-state index in [-0.39, 0.29) is 11.9 Å². The van der Waals surface area contributed by atoms with Gasteiger partial charge in [-0.25, -0.2) is 0 Å². The van der Waals surface area contributed by atoms with Gasteiger partial charge in [-0.1, -0.05) is 0 Å². The Morgan fingerprint density at radius 3 is 2.45 bits per heavy atom. The average Bonchev–Trinajstić information content (AvgIpc) is 3.21. The second-order valence-electron chi connectivity index (χ2n) is 8.86. The van der Waals surface area contributed by atoms with Gasteiger partial charge in [-0.15, -0.1) is 0 Å². The van der Waals surface area contributed by atoms with E-state index < -0.39 is 0 Å². The molecule has 7 heteroatoms. The number of hydrogen-bond acceptors (Lipinski definition) is 6. The first-order valence-corrected chi connectivity index (χ1v) is 11.3. The van der Waals surface area contributed by atoms with Crippen molar-refractivity contribution in [1.82, 2.24) is 15.1 Å². The predicted molar refractivity (Wildman–Crippen MR) is 124 cm³/mol. The summed E-state index contributed by atoms with van der Waals surface area (Å²) in [4.78, 5) is 17.9. The molecule has 2 atom stereocenters. The Morgan fingerprint density at radius 2 is 1.84 bits per heavy atom. The van der Waals surface area contributed by atoms with Crippen molar-refractivity contribution < 1.29 is 19.0 Å². The summed E-state index contributed by atoms with van der Waals surface area (Å²) < 4.78 is 16.4. The second-order valence-corrected chi connectivity index (χ2v) is 8.86. The van der Waals surface area contributed by atoms with Crippen molar-refractivity contribution in [3.05, 3.63) is 23.8 Å². The molecule has 176 valence electrons. The van der Waals surface area contributed by atoms with Crippen molar-refractivity contribution in [2.45, 2.75) is 52.2 Å². The summed E-state index contributed by atoms with van der Waals surface area (Å²) in [6.45, 7) is 12.3. The molecule has 1 heterocycles. The first kappa shape index (κ1) is 25.4. The van der Waals surface area contributed by atoms with Crippen LogP contribution in [0.3, 0.4) is 0 Å². The molecule has 1 fully saturated rings. The van der Waals surface area contributed by atoms with Gasteiger partial charge in [0.15, 0.2) is 11.5 Å². The summed E-state index contributed by atoms with van der Waals surface area (Å²) in [5, 5.41) is 3.51. The average molecular weight is 436 g/mol. The number of ether oxygens (including phenoxy) is 3. The molecule has 1 saturated heterocycles. The van der Waals surface area contributed by atoms with E-state index in [4.69, 9.17) is 14.2 Å². The molecule has 1 N–H and O–H groups in total. The highest BCUT2D eigenvalue weighted by Crippen LogP contribution is 2.29. The highest BCUT2D eigenvalue weighted by molar-refractivity contribution is 5.95. The van der Waals surface area contributed by atoms with Crippen LogP contribution in [-0.2, 0) is 4.74 Å². The summed E-state index contributed by atoms with van der Waals surface area (Å²) in [5.74, 6) is 1.63. The molecule has 0 bridgehead atoms. The largest absolute Gasteiger partial charge is 0.493 e. The van der Waals surface area contributed by atoms with Gasteiger partial charge in [-0.3, -0.25) is 9.69 Å². The van der Waals surface area contributed by atoms with E-state index in [0.29, 0.717) is 48.3 Å². The predicted octanol–water partition coefficient (Wildman–Crippen LogP) is 2.89. The van der Waals surface area contributed by atoms with Gasteiger partial charge in [0, 0.05) is 69.4 Å². The first-order valence-electron chi connectivity index (χ1n) is 11.3. The molecule has 1 aromatic rings. The van der Waals surface area contributed by atoms with Crippen LogP contribution in [0.1, 0.15) is 44.5 Å². The Morgan fingerprint density at radius 1 is 1.10 bits per heavy atom. The fourth-order valence-corrected chi connectivity index (χ4v) is 4.02. The van der Waals surface area contributed by atoms with Crippen LogP contribution < -0.4 is 14.8 Å². The number of carbonyl (C=O) groups excluding carboxylic acids is 1. The molecule has 1 aromatic carbocycles. The zero-order valence-corrected chi connectivity index (χ0v) is 20.3. The zero-order chi connectivity index (χ0) is 23.0. The molecule has 1 aliphatic heterocycles. The minimum absolute atomic E-state index is 0.0252. The van der Waals surface area contributed by atoms with Crippen molar-refractivity contribution in [2.75, 3.05) is 54.1 Å². The maximum absolute atomic E-state index is 13.5. The van der Waals surface area contributed by atoms with Crippen LogP contribution in [0.2, 0.25) is 0 Å². The van der Waals surface area contributed by atoms with Crippen LogP contribution in [0, 0.1) is 5.92 Å². The van der Waals surface area contributed by atoms with Gasteiger partial charge >= 0.3 is 0 Å². The Kier molecular flexibility index (Phi) is 10.1. The number of methoxy groups -OCH3 is 2. The van der Waals surface area contributed by atoms with Crippen LogP contribution in [0.15, 0.2) is 18.2 Å². The lowest BCUT2D eigenvalue weighted by molar-refractivity contribution is 0.0629. The van der Waals surface area contributed by atoms with Gasteiger partial charge in [0.1, 0.15) is 0 Å². The van der Waals surface area contributed by atoms with E-state index in [9.17, 15) is 4.79 Å². The third-order valence-corrected chi connectivity index (χ3v) is 6.12. The maximum atomic E-state index is 13.5. The van der Waals surface area contributed by atoms with E-state index in [2.05, 4.69) is 45.0 Å². The fraction of sp³-hybridized carbons (Fsp3) is 0.708. The molecule has 0 saturated carbocycles. The van der Waals surface area contributed by atoms with Crippen molar-refractivity contribution in [3.8, 4) is 11.5 Å². The lowest BCUT2D eigenvalue weighted by atomic mass is 9.99. The highest BCUT2D eigenvalue weighted by Gasteiger charge is 2.34. The third kappa shape index (κ3) is 6.82. The monoisotopic (exact) mass is 435 g/mol. The Hall–Kier alpha value is -1.83. The summed E-state index contributed by atoms with van der Waals surface area (Å²) >= 11 is 0. The molecule has 0 aliphatic carbocycles. The van der Waals surface area contributed by atoms with Crippen molar-refractivity contribution in [1.29, 1.82) is 0 Å². The first-order chi connectivity index (χ1) is 14.8. The van der Waals surface area contributed by atoms with Gasteiger partial charge in [0.2, 0.25) is 0 Å². The van der Waals surface area contributed by atoms with Crippen LogP contribution >= 0.6 is 0 Å². The summed E-state index contributed by atoms with van der Waals surface area (Å²) in [6, 6.07) is 6.42. The molecule has 0 unspecified atom stereocenters. The maximum Gasteiger partial charge on any atom is 0.254 e. The summed E-state index contributed by atoms with van der Waals surface area (Å²) in [6.07, 6.45) is 0.773. The van der Waals surface area contributed by atoms with Gasteiger partial charge < -0.3 is 24.4 Å². The molecule has 0 aromatic heterocycles. The minimum Gasteiger partial charge on any atom is -0.493 e. The van der Waals surface area contributed by atoms with Crippen molar-refractivity contribution in [2.24, 2.45) is 5.92 Å². The minimum atomic E-state index is 0.0252. The van der Waals surface area contributed by atoms with Crippen LogP contribution in [0.5, 0.6) is 11.5 Å². The normalized spacial score (nSPS) is 18.8. The van der Waals surface area contributed by atoms with E-state index in [1.54, 1.807) is 20.3 Å². The Labute approximate surface area is 188 Å². The summed E-state index contributed by atoms with van der Waals surface area (Å²) in [7, 11) is 5.45. The highest BCUT2D eigenvalue weighted by atomic mass is 16.5. The number of nitrogens with zero attached hydrogens (tertiary/aromatic N) is 2. The number of likely N-dealkylation sites (N-methyl/N-ethyl adjacent to an activating group) is 1. The lowest BCUT2D eigenvalue weighted by Gasteiger charge is -2.36. The van der Waals surface area contributed by atoms with Gasteiger partial charge in [0.25, 0.3) is 5.91 Å². The Balaban J connectivity index is 2.17. The van der Waals surface area contributed by atoms with Gasteiger partial charge in [-0.2, -0.15) is 0 Å². The molecule has 0 radical (unpaired) electrons. The number of amides is 1. The van der Waals surface area contributed by atoms with Crippen molar-refractivity contribution in [3.63, 3.8) is 0 Å². The van der Waals surface area contributed by atoms with Gasteiger partial charge in [0.05, 0.1) is 13.7 Å². The SMILES string of the molecule is COCCCOc1cc(C(=O)N(C[C@H]2CNC[C@@H]2N(C)C(C)C)C(C)C)ccc1OC. The van der Waals surface area contributed by atoms with E-state index in [0.717, 1.165) is 26.1 Å². The quantitative estimate of drug-likeness (QED) is 0.510. The molecule has 1 aliphatic rings. The molecule has 7 nitrogen and oxygen atoms in total. The second kappa shape index (κ2) is 12.3. The number of rotatable bonds is 12. The molecule has 31 heavy (non-hydrogen) atoms. The van der Waals surface area contributed by atoms with E-state index in [1.807, 2.05) is 17.0 Å². The number of hydrogen-bond donors (Lipinski definition) is 1. The zero-order valence-electron chi connectivity index (χ0n) is 20.3. The number of carbonyl (C=O) groups is 1. The van der Waals surface area contributed by atoms with Crippen LogP contribution in [-0.4, -0.2) is 87.9 Å². The Bertz CT molecular complexity index is 695. The lowest BCUT2D eigenvalue weighted by Crippen LogP contribution is -2.48. The third-order valence-electron chi connectivity index (χ3n) is 6.12. The van der Waals surface area contributed by atoms with Crippen molar-refractivity contribution >= 4 is 5.91 Å². The van der Waals surface area contributed by atoms with Crippen LogP contribution in [0.25, 0.3) is 0 Å². The molecular formula is C24H41N3O4. The van der Waals surface area contributed by atoms with Gasteiger partial charge in [-0.05, 0) is 52.9 Å². The number of nitrogens with one attached hydrogen (secondary N) is 1. The molecule has 1 amide bonds. The fourth-order valence-electron chi connectivity index (χ4n) is 4.02. The standard InChI is InChI=1S/C24H41N3O4/c1-17(2)26(5)21-15-25-14-20(21)16-27(18(3)4)24(28)19-9-10-22(30-7)23(13-19)31-12-8-11-29-6/h9-10,13,17-18,20-21,25H,8,11-12,14-16H2,1-7H3/t20-,21+/m1/s1. The van der Waals surface area contributed by atoms with E-state index >= 15 is 0 Å².